The van der Waals surface area contributed by atoms with E-state index >= 15 is 0 Å². The Morgan fingerprint density at radius 2 is 1.76 bits per heavy atom. The number of nitrogens with one attached hydrogen (secondary N) is 1. The molecule has 4 heteroatoms. The molecule has 0 aliphatic heterocycles. The molecule has 3 nitrogen and oxygen atoms in total. The first-order valence-corrected chi connectivity index (χ1v) is 7.44. The Hall–Kier alpha value is -1.71. The predicted octanol–water partition coefficient (Wildman–Crippen LogP) is 4.64. The molecule has 2 aromatic carbocycles. The molecular formula is C17H20ClNO2. The normalized spacial score (nSPS) is 10.4. The first-order valence-electron chi connectivity index (χ1n) is 7.06. The maximum atomic E-state index is 6.05. The van der Waals surface area contributed by atoms with Crippen molar-refractivity contribution in [2.45, 2.75) is 19.9 Å². The van der Waals surface area contributed by atoms with Gasteiger partial charge in [0.1, 0.15) is 17.2 Å². The van der Waals surface area contributed by atoms with E-state index in [9.17, 15) is 0 Å². The molecule has 2 aromatic rings. The Morgan fingerprint density at radius 3 is 2.43 bits per heavy atom. The Bertz CT molecular complexity index is 570. The van der Waals surface area contributed by atoms with Crippen molar-refractivity contribution in [2.24, 2.45) is 0 Å². The van der Waals surface area contributed by atoms with E-state index in [0.717, 1.165) is 42.4 Å². The first-order chi connectivity index (χ1) is 10.2. The molecule has 0 radical (unpaired) electrons. The predicted molar refractivity (Wildman–Crippen MR) is 86.5 cm³/mol. The molecule has 0 fully saturated rings. The zero-order valence-electron chi connectivity index (χ0n) is 12.4. The third kappa shape index (κ3) is 4.66. The molecule has 0 saturated carbocycles. The minimum absolute atomic E-state index is 0.660. The van der Waals surface area contributed by atoms with Crippen LogP contribution >= 0.6 is 11.6 Å². The van der Waals surface area contributed by atoms with Crippen LogP contribution in [0.5, 0.6) is 17.2 Å². The summed E-state index contributed by atoms with van der Waals surface area (Å²) in [6, 6.07) is 13.3. The molecule has 0 heterocycles. The van der Waals surface area contributed by atoms with Crippen LogP contribution in [0.25, 0.3) is 0 Å². The van der Waals surface area contributed by atoms with Gasteiger partial charge in [0.05, 0.1) is 6.61 Å². The molecule has 0 amide bonds. The fourth-order valence-corrected chi connectivity index (χ4v) is 2.07. The van der Waals surface area contributed by atoms with Crippen LogP contribution in [0.1, 0.15) is 18.9 Å². The summed E-state index contributed by atoms with van der Waals surface area (Å²) in [4.78, 5) is 0. The molecule has 0 aliphatic carbocycles. The van der Waals surface area contributed by atoms with Crippen LogP contribution in [0.2, 0.25) is 5.02 Å². The summed E-state index contributed by atoms with van der Waals surface area (Å²) in [5.74, 6) is 2.38. The van der Waals surface area contributed by atoms with Gasteiger partial charge in [-0.15, -0.1) is 0 Å². The lowest BCUT2D eigenvalue weighted by Crippen LogP contribution is -2.06. The van der Waals surface area contributed by atoms with E-state index in [-0.39, 0.29) is 0 Å². The summed E-state index contributed by atoms with van der Waals surface area (Å²) in [5.41, 5.74) is 1.06. The van der Waals surface area contributed by atoms with E-state index < -0.39 is 0 Å². The molecule has 0 spiro atoms. The fourth-order valence-electron chi connectivity index (χ4n) is 1.91. The highest BCUT2D eigenvalue weighted by Gasteiger charge is 2.06. The van der Waals surface area contributed by atoms with Crippen LogP contribution in [0.4, 0.5) is 0 Å². The Labute approximate surface area is 130 Å². The molecule has 0 saturated heterocycles. The third-order valence-electron chi connectivity index (χ3n) is 2.92. The van der Waals surface area contributed by atoms with Crippen molar-refractivity contribution >= 4 is 11.6 Å². The van der Waals surface area contributed by atoms with E-state index in [2.05, 4.69) is 12.2 Å². The molecule has 0 aromatic heterocycles. The van der Waals surface area contributed by atoms with Gasteiger partial charge in [0.15, 0.2) is 0 Å². The van der Waals surface area contributed by atoms with Gasteiger partial charge in [0.25, 0.3) is 0 Å². The standard InChI is InChI=1S/C17H20ClNO2/c1-3-10-20-15-6-8-16(9-7-15)21-17-11-14(18)5-4-13(17)12-19-2/h4-9,11,19H,3,10,12H2,1-2H3. The maximum Gasteiger partial charge on any atom is 0.133 e. The highest BCUT2D eigenvalue weighted by molar-refractivity contribution is 6.30. The SMILES string of the molecule is CCCOc1ccc(Oc2cc(Cl)ccc2CNC)cc1. The second kappa shape index (κ2) is 7.91. The summed E-state index contributed by atoms with van der Waals surface area (Å²) in [6.07, 6.45) is 0.994. The number of hydrogen-bond donors (Lipinski definition) is 1. The molecule has 0 aliphatic rings. The third-order valence-corrected chi connectivity index (χ3v) is 3.16. The quantitative estimate of drug-likeness (QED) is 0.808. The van der Waals surface area contributed by atoms with Gasteiger partial charge in [0, 0.05) is 17.1 Å². The number of hydrogen-bond acceptors (Lipinski definition) is 3. The van der Waals surface area contributed by atoms with Crippen molar-refractivity contribution in [1.29, 1.82) is 0 Å². The average molecular weight is 306 g/mol. The monoisotopic (exact) mass is 305 g/mol. The lowest BCUT2D eigenvalue weighted by Gasteiger charge is -2.12. The topological polar surface area (TPSA) is 30.5 Å². The number of rotatable bonds is 7. The van der Waals surface area contributed by atoms with Crippen molar-refractivity contribution in [3.8, 4) is 17.2 Å². The number of halogens is 1. The van der Waals surface area contributed by atoms with E-state index in [1.54, 1.807) is 0 Å². The second-order valence-corrected chi connectivity index (χ2v) is 5.14. The van der Waals surface area contributed by atoms with E-state index in [1.165, 1.54) is 0 Å². The van der Waals surface area contributed by atoms with Crippen molar-refractivity contribution in [3.63, 3.8) is 0 Å². The lowest BCUT2D eigenvalue weighted by atomic mass is 10.2. The molecule has 21 heavy (non-hydrogen) atoms. The smallest absolute Gasteiger partial charge is 0.133 e. The van der Waals surface area contributed by atoms with Crippen molar-refractivity contribution in [1.82, 2.24) is 5.32 Å². The molecule has 0 atom stereocenters. The van der Waals surface area contributed by atoms with Crippen LogP contribution in [0, 0.1) is 0 Å². The molecule has 0 bridgehead atoms. The molecule has 0 unspecified atom stereocenters. The van der Waals surface area contributed by atoms with Crippen LogP contribution in [-0.2, 0) is 6.54 Å². The summed E-state index contributed by atoms with van der Waals surface area (Å²) >= 11 is 6.05. The fraction of sp³-hybridized carbons (Fsp3) is 0.294. The molecular weight excluding hydrogens is 286 g/mol. The van der Waals surface area contributed by atoms with Crippen LogP contribution in [-0.4, -0.2) is 13.7 Å². The van der Waals surface area contributed by atoms with Crippen LogP contribution in [0.15, 0.2) is 42.5 Å². The van der Waals surface area contributed by atoms with Gasteiger partial charge in [-0.1, -0.05) is 24.6 Å². The van der Waals surface area contributed by atoms with Gasteiger partial charge in [0.2, 0.25) is 0 Å². The average Bonchev–Trinajstić information content (AvgIpc) is 2.49. The number of benzene rings is 2. The van der Waals surface area contributed by atoms with Gasteiger partial charge in [-0.2, -0.15) is 0 Å². The maximum absolute atomic E-state index is 6.05. The highest BCUT2D eigenvalue weighted by atomic mass is 35.5. The summed E-state index contributed by atoms with van der Waals surface area (Å²) in [7, 11) is 1.90. The minimum atomic E-state index is 0.660. The van der Waals surface area contributed by atoms with Gasteiger partial charge < -0.3 is 14.8 Å². The van der Waals surface area contributed by atoms with Crippen molar-refractivity contribution < 1.29 is 9.47 Å². The van der Waals surface area contributed by atoms with Gasteiger partial charge in [-0.05, 0) is 49.9 Å². The zero-order valence-corrected chi connectivity index (χ0v) is 13.1. The van der Waals surface area contributed by atoms with E-state index in [0.29, 0.717) is 5.02 Å². The zero-order chi connectivity index (χ0) is 15.1. The highest BCUT2D eigenvalue weighted by Crippen LogP contribution is 2.29. The molecule has 112 valence electrons. The minimum Gasteiger partial charge on any atom is -0.494 e. The summed E-state index contributed by atoms with van der Waals surface area (Å²) in [6.45, 7) is 3.53. The molecule has 1 N–H and O–H groups in total. The lowest BCUT2D eigenvalue weighted by molar-refractivity contribution is 0.317. The molecule has 2 rings (SSSR count). The summed E-state index contributed by atoms with van der Waals surface area (Å²) in [5, 5.41) is 3.78. The van der Waals surface area contributed by atoms with Gasteiger partial charge in [-0.25, -0.2) is 0 Å². The number of ether oxygens (including phenoxy) is 2. The Morgan fingerprint density at radius 1 is 1.05 bits per heavy atom. The van der Waals surface area contributed by atoms with E-state index in [1.807, 2.05) is 49.5 Å². The van der Waals surface area contributed by atoms with Crippen molar-refractivity contribution in [3.05, 3.63) is 53.1 Å². The second-order valence-electron chi connectivity index (χ2n) is 4.70. The first kappa shape index (κ1) is 15.7. The Balaban J connectivity index is 2.12. The van der Waals surface area contributed by atoms with Crippen LogP contribution in [0.3, 0.4) is 0 Å². The van der Waals surface area contributed by atoms with Crippen LogP contribution < -0.4 is 14.8 Å². The van der Waals surface area contributed by atoms with Gasteiger partial charge >= 0.3 is 0 Å². The van der Waals surface area contributed by atoms with Crippen molar-refractivity contribution in [2.75, 3.05) is 13.7 Å². The van der Waals surface area contributed by atoms with Gasteiger partial charge in [-0.3, -0.25) is 0 Å². The largest absolute Gasteiger partial charge is 0.494 e. The Kier molecular flexibility index (Phi) is 5.90. The van der Waals surface area contributed by atoms with E-state index in [4.69, 9.17) is 21.1 Å². The summed E-state index contributed by atoms with van der Waals surface area (Å²) < 4.78 is 11.5.